The second-order valence-corrected chi connectivity index (χ2v) is 7.77. The molecule has 1 aliphatic heterocycles. The van der Waals surface area contributed by atoms with Gasteiger partial charge in [0.2, 0.25) is 5.91 Å². The van der Waals surface area contributed by atoms with Crippen LogP contribution in [0.3, 0.4) is 0 Å². The smallest absolute Gasteiger partial charge is 0.255 e. The molecule has 0 aliphatic carbocycles. The Morgan fingerprint density at radius 1 is 1.00 bits per heavy atom. The van der Waals surface area contributed by atoms with Gasteiger partial charge in [-0.3, -0.25) is 9.59 Å². The first-order valence-electron chi connectivity index (χ1n) is 9.33. The van der Waals surface area contributed by atoms with Crippen molar-refractivity contribution in [1.82, 2.24) is 4.90 Å². The Labute approximate surface area is 175 Å². The first-order valence-corrected chi connectivity index (χ1v) is 10.1. The standard InChI is InChI=1S/C21H23Cl2N3O2/c1-14-5-8-18(17(23)11-14)25-20(27)13-24-19-12-15(22)6-7-16(19)21(28)26-9-3-2-4-10-26/h5-8,11-12,24H,2-4,9-10,13H2,1H3,(H,25,27). The largest absolute Gasteiger partial charge is 0.375 e. The molecule has 0 spiro atoms. The molecule has 1 fully saturated rings. The summed E-state index contributed by atoms with van der Waals surface area (Å²) < 4.78 is 0. The van der Waals surface area contributed by atoms with E-state index >= 15 is 0 Å². The summed E-state index contributed by atoms with van der Waals surface area (Å²) in [6, 6.07) is 10.5. The normalized spacial score (nSPS) is 13.9. The van der Waals surface area contributed by atoms with Crippen molar-refractivity contribution in [3.05, 3.63) is 57.6 Å². The zero-order valence-corrected chi connectivity index (χ0v) is 17.2. The third kappa shape index (κ3) is 5.18. The molecule has 2 N–H and O–H groups in total. The third-order valence-corrected chi connectivity index (χ3v) is 5.24. The van der Waals surface area contributed by atoms with Crippen molar-refractivity contribution in [2.45, 2.75) is 26.2 Å². The highest BCUT2D eigenvalue weighted by molar-refractivity contribution is 6.33. The monoisotopic (exact) mass is 419 g/mol. The number of piperidine rings is 1. The number of aryl methyl sites for hydroxylation is 1. The van der Waals surface area contributed by atoms with Crippen LogP contribution in [0.25, 0.3) is 0 Å². The molecule has 2 aromatic carbocycles. The number of nitrogens with one attached hydrogen (secondary N) is 2. The van der Waals surface area contributed by atoms with E-state index in [0.717, 1.165) is 37.9 Å². The summed E-state index contributed by atoms with van der Waals surface area (Å²) in [5, 5.41) is 6.79. The van der Waals surface area contributed by atoms with E-state index in [4.69, 9.17) is 23.2 Å². The number of amides is 2. The lowest BCUT2D eigenvalue weighted by molar-refractivity contribution is -0.114. The maximum atomic E-state index is 12.9. The molecule has 0 bridgehead atoms. The molecule has 2 amide bonds. The molecule has 0 atom stereocenters. The van der Waals surface area contributed by atoms with Crippen molar-refractivity contribution in [3.8, 4) is 0 Å². The first-order chi connectivity index (χ1) is 13.4. The summed E-state index contributed by atoms with van der Waals surface area (Å²) in [7, 11) is 0. The van der Waals surface area contributed by atoms with Gasteiger partial charge in [-0.15, -0.1) is 0 Å². The number of carbonyl (C=O) groups is 2. The van der Waals surface area contributed by atoms with Crippen molar-refractivity contribution in [2.24, 2.45) is 0 Å². The number of halogens is 2. The molecule has 7 heteroatoms. The average molecular weight is 420 g/mol. The van der Waals surface area contributed by atoms with E-state index in [0.29, 0.717) is 27.0 Å². The summed E-state index contributed by atoms with van der Waals surface area (Å²) in [6.07, 6.45) is 3.18. The number of anilines is 2. The topological polar surface area (TPSA) is 61.4 Å². The molecule has 1 saturated heterocycles. The highest BCUT2D eigenvalue weighted by Crippen LogP contribution is 2.25. The van der Waals surface area contributed by atoms with Gasteiger partial charge in [0.25, 0.3) is 5.91 Å². The predicted molar refractivity (Wildman–Crippen MR) is 115 cm³/mol. The van der Waals surface area contributed by atoms with Gasteiger partial charge >= 0.3 is 0 Å². The van der Waals surface area contributed by atoms with Gasteiger partial charge in [0.15, 0.2) is 0 Å². The van der Waals surface area contributed by atoms with E-state index in [2.05, 4.69) is 10.6 Å². The van der Waals surface area contributed by atoms with Crippen LogP contribution in [0.2, 0.25) is 10.0 Å². The zero-order valence-electron chi connectivity index (χ0n) is 15.7. The van der Waals surface area contributed by atoms with Gasteiger partial charge < -0.3 is 15.5 Å². The number of likely N-dealkylation sites (tertiary alicyclic amines) is 1. The number of hydrogen-bond donors (Lipinski definition) is 2. The van der Waals surface area contributed by atoms with Crippen molar-refractivity contribution in [2.75, 3.05) is 30.3 Å². The molecular formula is C21H23Cl2N3O2. The Balaban J connectivity index is 1.68. The summed E-state index contributed by atoms with van der Waals surface area (Å²) in [5.74, 6) is -0.303. The SMILES string of the molecule is Cc1ccc(NC(=O)CNc2cc(Cl)ccc2C(=O)N2CCCCC2)c(Cl)c1. The predicted octanol–water partition coefficient (Wildman–Crippen LogP) is 4.98. The minimum absolute atomic E-state index is 0.00910. The fourth-order valence-corrected chi connectivity index (χ4v) is 3.66. The van der Waals surface area contributed by atoms with Crippen LogP contribution in [0.4, 0.5) is 11.4 Å². The van der Waals surface area contributed by atoms with Crippen molar-refractivity contribution in [1.29, 1.82) is 0 Å². The molecule has 5 nitrogen and oxygen atoms in total. The molecule has 0 aromatic heterocycles. The Bertz CT molecular complexity index is 880. The molecule has 2 aromatic rings. The van der Waals surface area contributed by atoms with Crippen LogP contribution in [0.5, 0.6) is 0 Å². The van der Waals surface area contributed by atoms with Gasteiger partial charge in [0.1, 0.15) is 0 Å². The number of carbonyl (C=O) groups excluding carboxylic acids is 2. The Morgan fingerprint density at radius 2 is 1.75 bits per heavy atom. The maximum absolute atomic E-state index is 12.9. The second-order valence-electron chi connectivity index (χ2n) is 6.93. The molecule has 28 heavy (non-hydrogen) atoms. The molecule has 0 unspecified atom stereocenters. The van der Waals surface area contributed by atoms with E-state index in [-0.39, 0.29) is 18.4 Å². The van der Waals surface area contributed by atoms with Gasteiger partial charge in [-0.2, -0.15) is 0 Å². The van der Waals surface area contributed by atoms with E-state index in [1.165, 1.54) is 0 Å². The van der Waals surface area contributed by atoms with Crippen LogP contribution >= 0.6 is 23.2 Å². The Morgan fingerprint density at radius 3 is 2.46 bits per heavy atom. The van der Waals surface area contributed by atoms with Crippen molar-refractivity contribution >= 4 is 46.4 Å². The van der Waals surface area contributed by atoms with Gasteiger partial charge in [0, 0.05) is 23.8 Å². The van der Waals surface area contributed by atoms with Gasteiger partial charge in [-0.1, -0.05) is 29.3 Å². The second kappa shape index (κ2) is 9.30. The highest BCUT2D eigenvalue weighted by Gasteiger charge is 2.21. The Kier molecular flexibility index (Phi) is 6.81. The maximum Gasteiger partial charge on any atom is 0.255 e. The quantitative estimate of drug-likeness (QED) is 0.718. The lowest BCUT2D eigenvalue weighted by atomic mass is 10.1. The number of hydrogen-bond acceptors (Lipinski definition) is 3. The molecule has 0 saturated carbocycles. The molecule has 3 rings (SSSR count). The van der Waals surface area contributed by atoms with Gasteiger partial charge in [0.05, 0.1) is 22.8 Å². The summed E-state index contributed by atoms with van der Waals surface area (Å²) in [4.78, 5) is 27.1. The van der Waals surface area contributed by atoms with Gasteiger partial charge in [-0.05, 0) is 62.1 Å². The van der Waals surface area contributed by atoms with Crippen LogP contribution in [0.15, 0.2) is 36.4 Å². The summed E-state index contributed by atoms with van der Waals surface area (Å²) in [5.41, 5.74) is 2.64. The van der Waals surface area contributed by atoms with E-state index in [1.54, 1.807) is 30.3 Å². The lowest BCUT2D eigenvalue weighted by Crippen LogP contribution is -2.36. The molecule has 0 radical (unpaired) electrons. The van der Waals surface area contributed by atoms with E-state index in [9.17, 15) is 9.59 Å². The fraction of sp³-hybridized carbons (Fsp3) is 0.333. The average Bonchev–Trinajstić information content (AvgIpc) is 2.69. The van der Waals surface area contributed by atoms with Crippen LogP contribution < -0.4 is 10.6 Å². The van der Waals surface area contributed by atoms with E-state index in [1.807, 2.05) is 17.9 Å². The number of nitrogens with zero attached hydrogens (tertiary/aromatic N) is 1. The molecular weight excluding hydrogens is 397 g/mol. The van der Waals surface area contributed by atoms with E-state index < -0.39 is 0 Å². The lowest BCUT2D eigenvalue weighted by Gasteiger charge is -2.27. The minimum atomic E-state index is -0.262. The molecule has 1 aliphatic rings. The minimum Gasteiger partial charge on any atom is -0.375 e. The zero-order chi connectivity index (χ0) is 20.1. The number of rotatable bonds is 5. The van der Waals surface area contributed by atoms with Crippen molar-refractivity contribution < 1.29 is 9.59 Å². The van der Waals surface area contributed by atoms with Crippen molar-refractivity contribution in [3.63, 3.8) is 0 Å². The summed E-state index contributed by atoms with van der Waals surface area (Å²) >= 11 is 12.3. The van der Waals surface area contributed by atoms with Crippen LogP contribution in [-0.4, -0.2) is 36.3 Å². The first kappa shape index (κ1) is 20.5. The number of benzene rings is 2. The van der Waals surface area contributed by atoms with Crippen LogP contribution in [0.1, 0.15) is 35.2 Å². The molecule has 148 valence electrons. The molecule has 1 heterocycles. The fourth-order valence-electron chi connectivity index (χ4n) is 3.21. The van der Waals surface area contributed by atoms with Crippen LogP contribution in [0, 0.1) is 6.92 Å². The van der Waals surface area contributed by atoms with Crippen LogP contribution in [-0.2, 0) is 4.79 Å². The summed E-state index contributed by atoms with van der Waals surface area (Å²) in [6.45, 7) is 3.44. The Hall–Kier alpha value is -2.24. The third-order valence-electron chi connectivity index (χ3n) is 4.69. The van der Waals surface area contributed by atoms with Gasteiger partial charge in [-0.25, -0.2) is 0 Å². The highest BCUT2D eigenvalue weighted by atomic mass is 35.5.